The standard InChI is InChI=1S/C19H24Cl3N5O/c1-3-27-9-7-13(8-10-27)12-23-18-25-16(24-17(26-18)19(20,21)22)14-5-4-6-15(11-14)28-2/h4-6,11,13H,3,7-10,12H2,1-2H3,(H,23,24,25,26). The van der Waals surface area contributed by atoms with Gasteiger partial charge in [0.1, 0.15) is 5.75 Å². The van der Waals surface area contributed by atoms with Crippen molar-refractivity contribution in [3.05, 3.63) is 30.1 Å². The van der Waals surface area contributed by atoms with E-state index in [1.807, 2.05) is 24.3 Å². The summed E-state index contributed by atoms with van der Waals surface area (Å²) < 4.78 is 3.54. The first kappa shape index (κ1) is 21.4. The van der Waals surface area contributed by atoms with E-state index in [4.69, 9.17) is 39.5 Å². The number of likely N-dealkylation sites (tertiary alicyclic amines) is 1. The van der Waals surface area contributed by atoms with Crippen molar-refractivity contribution in [2.45, 2.75) is 23.6 Å². The van der Waals surface area contributed by atoms with Gasteiger partial charge in [-0.15, -0.1) is 0 Å². The van der Waals surface area contributed by atoms with Gasteiger partial charge >= 0.3 is 0 Å². The third-order valence-electron chi connectivity index (χ3n) is 4.92. The Morgan fingerprint density at radius 1 is 1.18 bits per heavy atom. The third-order valence-corrected chi connectivity index (χ3v) is 5.43. The molecular weight excluding hydrogens is 421 g/mol. The van der Waals surface area contributed by atoms with Crippen LogP contribution in [0.3, 0.4) is 0 Å². The second-order valence-electron chi connectivity index (χ2n) is 6.79. The molecule has 0 bridgehead atoms. The van der Waals surface area contributed by atoms with E-state index < -0.39 is 3.79 Å². The summed E-state index contributed by atoms with van der Waals surface area (Å²) in [5.41, 5.74) is 0.761. The van der Waals surface area contributed by atoms with Crippen molar-refractivity contribution in [1.82, 2.24) is 19.9 Å². The normalized spacial score (nSPS) is 16.2. The maximum absolute atomic E-state index is 6.05. The number of alkyl halides is 3. The lowest BCUT2D eigenvalue weighted by atomic mass is 9.97. The Bertz CT molecular complexity index is 791. The molecule has 0 spiro atoms. The molecule has 28 heavy (non-hydrogen) atoms. The molecule has 0 unspecified atom stereocenters. The fourth-order valence-corrected chi connectivity index (χ4v) is 3.47. The van der Waals surface area contributed by atoms with Crippen molar-refractivity contribution in [2.24, 2.45) is 5.92 Å². The molecule has 6 nitrogen and oxygen atoms in total. The number of anilines is 1. The summed E-state index contributed by atoms with van der Waals surface area (Å²) in [5.74, 6) is 2.20. The molecular formula is C19H24Cl3N5O. The van der Waals surface area contributed by atoms with E-state index >= 15 is 0 Å². The summed E-state index contributed by atoms with van der Waals surface area (Å²) in [4.78, 5) is 15.7. The van der Waals surface area contributed by atoms with E-state index in [0.29, 0.717) is 23.4 Å². The molecule has 1 aliphatic rings. The predicted molar refractivity (Wildman–Crippen MR) is 114 cm³/mol. The van der Waals surface area contributed by atoms with E-state index in [9.17, 15) is 0 Å². The van der Waals surface area contributed by atoms with Gasteiger partial charge in [0.15, 0.2) is 11.6 Å². The monoisotopic (exact) mass is 443 g/mol. The van der Waals surface area contributed by atoms with Gasteiger partial charge in [-0.05, 0) is 50.5 Å². The molecule has 9 heteroatoms. The van der Waals surface area contributed by atoms with Gasteiger partial charge in [0.05, 0.1) is 7.11 Å². The Morgan fingerprint density at radius 2 is 1.93 bits per heavy atom. The van der Waals surface area contributed by atoms with Crippen LogP contribution in [-0.4, -0.2) is 53.1 Å². The number of nitrogens with one attached hydrogen (secondary N) is 1. The van der Waals surface area contributed by atoms with E-state index in [2.05, 4.69) is 32.1 Å². The summed E-state index contributed by atoms with van der Waals surface area (Å²) in [5, 5.41) is 3.31. The molecule has 0 saturated carbocycles. The zero-order valence-corrected chi connectivity index (χ0v) is 18.2. The highest BCUT2D eigenvalue weighted by atomic mass is 35.6. The van der Waals surface area contributed by atoms with Crippen LogP contribution in [0, 0.1) is 5.92 Å². The van der Waals surface area contributed by atoms with Gasteiger partial charge in [-0.25, -0.2) is 4.98 Å². The highest BCUT2D eigenvalue weighted by Gasteiger charge is 2.29. The molecule has 2 heterocycles. The molecule has 0 radical (unpaired) electrons. The van der Waals surface area contributed by atoms with Gasteiger partial charge < -0.3 is 15.0 Å². The highest BCUT2D eigenvalue weighted by Crippen LogP contribution is 2.37. The number of halogens is 3. The van der Waals surface area contributed by atoms with Crippen LogP contribution in [0.4, 0.5) is 5.95 Å². The highest BCUT2D eigenvalue weighted by molar-refractivity contribution is 6.66. The van der Waals surface area contributed by atoms with Crippen LogP contribution >= 0.6 is 34.8 Å². The summed E-state index contributed by atoms with van der Waals surface area (Å²) in [7, 11) is 1.61. The fourth-order valence-electron chi connectivity index (χ4n) is 3.22. The van der Waals surface area contributed by atoms with Crippen molar-refractivity contribution in [3.8, 4) is 17.1 Å². The molecule has 1 N–H and O–H groups in total. The van der Waals surface area contributed by atoms with Gasteiger partial charge in [0.2, 0.25) is 9.74 Å². The molecule has 1 aromatic carbocycles. The lowest BCUT2D eigenvalue weighted by molar-refractivity contribution is 0.198. The van der Waals surface area contributed by atoms with Crippen LogP contribution in [0.2, 0.25) is 0 Å². The number of benzene rings is 1. The Kier molecular flexibility index (Phi) is 7.20. The minimum Gasteiger partial charge on any atom is -0.497 e. The fraction of sp³-hybridized carbons (Fsp3) is 0.526. The van der Waals surface area contributed by atoms with Crippen molar-refractivity contribution in [2.75, 3.05) is 38.6 Å². The van der Waals surface area contributed by atoms with Crippen LogP contribution < -0.4 is 10.1 Å². The number of piperidine rings is 1. The summed E-state index contributed by atoms with van der Waals surface area (Å²) in [6, 6.07) is 7.43. The van der Waals surface area contributed by atoms with E-state index in [1.165, 1.54) is 0 Å². The minimum atomic E-state index is -1.74. The summed E-state index contributed by atoms with van der Waals surface area (Å²) in [6.07, 6.45) is 2.29. The SMILES string of the molecule is CCN1CCC(CNc2nc(-c3cccc(OC)c3)nc(C(Cl)(Cl)Cl)n2)CC1. The molecule has 152 valence electrons. The largest absolute Gasteiger partial charge is 0.497 e. The molecule has 0 amide bonds. The minimum absolute atomic E-state index is 0.0913. The zero-order chi connectivity index (χ0) is 20.1. The number of aromatic nitrogens is 3. The van der Waals surface area contributed by atoms with Gasteiger partial charge in [0, 0.05) is 12.1 Å². The van der Waals surface area contributed by atoms with E-state index in [-0.39, 0.29) is 5.82 Å². The Hall–Kier alpha value is -1.34. The molecule has 1 aromatic heterocycles. The maximum atomic E-state index is 6.05. The molecule has 0 atom stereocenters. The predicted octanol–water partition coefficient (Wildman–Crippen LogP) is 4.52. The topological polar surface area (TPSA) is 63.2 Å². The van der Waals surface area contributed by atoms with Gasteiger partial charge in [-0.2, -0.15) is 9.97 Å². The van der Waals surface area contributed by atoms with Crippen LogP contribution in [0.25, 0.3) is 11.4 Å². The van der Waals surface area contributed by atoms with Gasteiger partial charge in [0.25, 0.3) is 0 Å². The number of rotatable bonds is 6. The van der Waals surface area contributed by atoms with Gasteiger partial charge in [-0.1, -0.05) is 53.9 Å². The quantitative estimate of drug-likeness (QED) is 0.661. The molecule has 2 aromatic rings. The van der Waals surface area contributed by atoms with Gasteiger partial charge in [-0.3, -0.25) is 0 Å². The molecule has 1 fully saturated rings. The first-order valence-corrected chi connectivity index (χ1v) is 10.5. The van der Waals surface area contributed by atoms with E-state index in [1.54, 1.807) is 7.11 Å². The number of nitrogens with zero attached hydrogens (tertiary/aromatic N) is 4. The second-order valence-corrected chi connectivity index (χ2v) is 9.08. The maximum Gasteiger partial charge on any atom is 0.250 e. The van der Waals surface area contributed by atoms with Crippen LogP contribution in [0.15, 0.2) is 24.3 Å². The smallest absolute Gasteiger partial charge is 0.250 e. The van der Waals surface area contributed by atoms with Crippen molar-refractivity contribution in [3.63, 3.8) is 0 Å². The first-order valence-electron chi connectivity index (χ1n) is 9.33. The zero-order valence-electron chi connectivity index (χ0n) is 16.0. The van der Waals surface area contributed by atoms with Crippen molar-refractivity contribution >= 4 is 40.8 Å². The lowest BCUT2D eigenvalue weighted by Gasteiger charge is -2.31. The van der Waals surface area contributed by atoms with Crippen LogP contribution in [0.5, 0.6) is 5.75 Å². The van der Waals surface area contributed by atoms with Crippen LogP contribution in [0.1, 0.15) is 25.6 Å². The molecule has 3 rings (SSSR count). The van der Waals surface area contributed by atoms with E-state index in [0.717, 1.165) is 44.6 Å². The summed E-state index contributed by atoms with van der Waals surface area (Å²) >= 11 is 18.1. The van der Waals surface area contributed by atoms with Crippen molar-refractivity contribution < 1.29 is 4.74 Å². The molecule has 1 saturated heterocycles. The number of hydrogen-bond donors (Lipinski definition) is 1. The van der Waals surface area contributed by atoms with Crippen molar-refractivity contribution in [1.29, 1.82) is 0 Å². The molecule has 0 aliphatic carbocycles. The third kappa shape index (κ3) is 5.60. The molecule has 1 aliphatic heterocycles. The first-order chi connectivity index (χ1) is 13.4. The number of ether oxygens (including phenoxy) is 1. The number of methoxy groups -OCH3 is 1. The lowest BCUT2D eigenvalue weighted by Crippen LogP contribution is -2.35. The number of hydrogen-bond acceptors (Lipinski definition) is 6. The second kappa shape index (κ2) is 9.44. The average molecular weight is 445 g/mol. The van der Waals surface area contributed by atoms with Crippen LogP contribution in [-0.2, 0) is 3.79 Å². The summed E-state index contributed by atoms with van der Waals surface area (Å²) in [6.45, 7) is 6.31. The Morgan fingerprint density at radius 3 is 2.57 bits per heavy atom. The Balaban J connectivity index is 1.80. The Labute approximate surface area is 180 Å². The average Bonchev–Trinajstić information content (AvgIpc) is 2.72.